The quantitative estimate of drug-likeness (QED) is 0.260. The Morgan fingerprint density at radius 2 is 1.50 bits per heavy atom. The Balaban J connectivity index is 0.994. The van der Waals surface area contributed by atoms with Crippen molar-refractivity contribution in [3.05, 3.63) is 81.9 Å². The minimum Gasteiger partial charge on any atom is -0.462 e. The SMILES string of the molecule is CC(C)C1=C2[C@H]3CC[C@@H]4[C@@]5(C)CC[C@H](OC(=O)[C@H]6C[C@@H](Cc7ccccc7)C6(C)C)C(C)(C)[C@@H]5CC[C@@]4(C)[C@]3(C)CC[C@@]2(NC(=O)NCc2ccc(Cl)cc2)CC1=O. The summed E-state index contributed by atoms with van der Waals surface area (Å²) in [7, 11) is 0. The van der Waals surface area contributed by atoms with E-state index in [1.165, 1.54) is 11.1 Å². The zero-order valence-electron chi connectivity index (χ0n) is 36.7. The first-order valence-electron chi connectivity index (χ1n) is 22.6. The molecule has 0 aliphatic heterocycles. The third-order valence-corrected chi connectivity index (χ3v) is 18.7. The van der Waals surface area contributed by atoms with Crippen LogP contribution in [0.1, 0.15) is 138 Å². The number of ether oxygens (including phenoxy) is 1. The number of allylic oxidation sites excluding steroid dienone is 1. The highest BCUT2D eigenvalue weighted by atomic mass is 35.5. The molecule has 6 aliphatic rings. The van der Waals surface area contributed by atoms with Crippen molar-refractivity contribution in [3.8, 4) is 0 Å². The number of esters is 1. The van der Waals surface area contributed by atoms with Crippen LogP contribution in [0.4, 0.5) is 4.79 Å². The first-order chi connectivity index (χ1) is 27.3. The predicted octanol–water partition coefficient (Wildman–Crippen LogP) is 11.7. The summed E-state index contributed by atoms with van der Waals surface area (Å²) in [6.45, 7) is 21.8. The van der Waals surface area contributed by atoms with Gasteiger partial charge in [0.05, 0.1) is 11.5 Å². The number of hydrogen-bond acceptors (Lipinski definition) is 4. The van der Waals surface area contributed by atoms with Crippen molar-refractivity contribution < 1.29 is 19.1 Å². The zero-order chi connectivity index (χ0) is 41.6. The second kappa shape index (κ2) is 14.5. The number of amides is 2. The summed E-state index contributed by atoms with van der Waals surface area (Å²) in [6, 6.07) is 18.0. The maximum atomic E-state index is 14.1. The van der Waals surface area contributed by atoms with Crippen molar-refractivity contribution in [2.45, 2.75) is 151 Å². The van der Waals surface area contributed by atoms with Crippen LogP contribution in [0.5, 0.6) is 0 Å². The molecule has 0 unspecified atom stereocenters. The van der Waals surface area contributed by atoms with Gasteiger partial charge in [0.1, 0.15) is 6.10 Å². The van der Waals surface area contributed by atoms with E-state index in [2.05, 4.69) is 103 Å². The molecule has 7 heteroatoms. The van der Waals surface area contributed by atoms with Crippen molar-refractivity contribution in [2.24, 2.45) is 62.6 Å². The summed E-state index contributed by atoms with van der Waals surface area (Å²) >= 11 is 6.10. The average Bonchev–Trinajstić information content (AvgIpc) is 3.46. The maximum Gasteiger partial charge on any atom is 0.315 e. The molecule has 2 aromatic rings. The molecule has 2 aromatic carbocycles. The minimum absolute atomic E-state index is 0.00545. The zero-order valence-corrected chi connectivity index (χ0v) is 37.5. The largest absolute Gasteiger partial charge is 0.462 e. The van der Waals surface area contributed by atoms with Crippen LogP contribution in [0.2, 0.25) is 5.02 Å². The van der Waals surface area contributed by atoms with Crippen molar-refractivity contribution in [1.82, 2.24) is 10.6 Å². The highest BCUT2D eigenvalue weighted by Gasteiger charge is 2.70. The van der Waals surface area contributed by atoms with Gasteiger partial charge in [0, 0.05) is 23.4 Å². The second-order valence-electron chi connectivity index (χ2n) is 22.0. The number of carbonyl (C=O) groups is 3. The molecule has 0 saturated heterocycles. The molecule has 0 bridgehead atoms. The molecule has 58 heavy (non-hydrogen) atoms. The number of halogens is 1. The van der Waals surface area contributed by atoms with Crippen LogP contribution < -0.4 is 10.6 Å². The third kappa shape index (κ3) is 6.42. The fourth-order valence-electron chi connectivity index (χ4n) is 14.9. The first-order valence-corrected chi connectivity index (χ1v) is 23.0. The van der Waals surface area contributed by atoms with Crippen LogP contribution in [-0.4, -0.2) is 29.4 Å². The van der Waals surface area contributed by atoms with Gasteiger partial charge in [0.25, 0.3) is 0 Å². The van der Waals surface area contributed by atoms with E-state index in [0.717, 1.165) is 75.3 Å². The molecular formula is C51H69ClN2O4. The van der Waals surface area contributed by atoms with Gasteiger partial charge >= 0.3 is 12.0 Å². The van der Waals surface area contributed by atoms with Crippen LogP contribution in [0.25, 0.3) is 0 Å². The van der Waals surface area contributed by atoms with Gasteiger partial charge in [0.15, 0.2) is 5.78 Å². The monoisotopic (exact) mass is 808 g/mol. The van der Waals surface area contributed by atoms with E-state index < -0.39 is 5.54 Å². The number of benzene rings is 2. The lowest BCUT2D eigenvalue weighted by Crippen LogP contribution is -2.67. The second-order valence-corrected chi connectivity index (χ2v) is 22.4. The Bertz CT molecular complexity index is 1970. The normalized spacial score (nSPS) is 38.4. The molecule has 6 nitrogen and oxygen atoms in total. The van der Waals surface area contributed by atoms with Crippen molar-refractivity contribution in [3.63, 3.8) is 0 Å². The molecule has 5 saturated carbocycles. The molecule has 2 N–H and O–H groups in total. The van der Waals surface area contributed by atoms with Crippen LogP contribution in [-0.2, 0) is 27.3 Å². The predicted molar refractivity (Wildman–Crippen MR) is 232 cm³/mol. The van der Waals surface area contributed by atoms with E-state index in [1.54, 1.807) is 0 Å². The number of hydrogen-bond donors (Lipinski definition) is 2. The van der Waals surface area contributed by atoms with E-state index in [-0.39, 0.29) is 68.7 Å². The highest BCUT2D eigenvalue weighted by Crippen LogP contribution is 2.76. The van der Waals surface area contributed by atoms with E-state index in [9.17, 15) is 14.4 Å². The lowest BCUT2D eigenvalue weighted by Gasteiger charge is -2.72. The Labute approximate surface area is 353 Å². The Morgan fingerprint density at radius 1 is 0.793 bits per heavy atom. The van der Waals surface area contributed by atoms with Gasteiger partial charge in [-0.05, 0) is 150 Å². The lowest BCUT2D eigenvalue weighted by atomic mass is 9.33. The molecule has 10 atom stereocenters. The Morgan fingerprint density at radius 3 is 2.17 bits per heavy atom. The number of nitrogens with one attached hydrogen (secondary N) is 2. The Kier molecular flexibility index (Phi) is 10.4. The number of ketones is 1. The molecule has 314 valence electrons. The fraction of sp³-hybridized carbons (Fsp3) is 0.667. The summed E-state index contributed by atoms with van der Waals surface area (Å²) in [5.74, 6) is 1.99. The van der Waals surface area contributed by atoms with Gasteiger partial charge in [-0.25, -0.2) is 4.79 Å². The molecule has 0 heterocycles. The number of rotatable bonds is 8. The third-order valence-electron chi connectivity index (χ3n) is 18.4. The molecule has 0 aromatic heterocycles. The first kappa shape index (κ1) is 41.6. The van der Waals surface area contributed by atoms with Gasteiger partial charge in [-0.15, -0.1) is 0 Å². The highest BCUT2D eigenvalue weighted by molar-refractivity contribution is 6.30. The smallest absolute Gasteiger partial charge is 0.315 e. The van der Waals surface area contributed by atoms with Gasteiger partial charge in [0.2, 0.25) is 0 Å². The number of fused-ring (bicyclic) bond motifs is 7. The van der Waals surface area contributed by atoms with Crippen LogP contribution in [0.3, 0.4) is 0 Å². The summed E-state index contributed by atoms with van der Waals surface area (Å²) in [4.78, 5) is 41.8. The van der Waals surface area contributed by atoms with E-state index in [1.807, 2.05) is 24.3 Å². The van der Waals surface area contributed by atoms with Crippen molar-refractivity contribution in [2.75, 3.05) is 0 Å². The van der Waals surface area contributed by atoms with Crippen LogP contribution in [0.15, 0.2) is 65.7 Å². The molecule has 5 fully saturated rings. The van der Waals surface area contributed by atoms with E-state index in [0.29, 0.717) is 35.7 Å². The molecular weight excluding hydrogens is 740 g/mol. The average molecular weight is 810 g/mol. The summed E-state index contributed by atoms with van der Waals surface area (Å²) in [6.07, 6.45) is 10.3. The number of Topliss-reactive ketones (excluding diaryl/α,β-unsaturated/α-hetero) is 1. The number of carbonyl (C=O) groups excluding carboxylic acids is 3. The van der Waals surface area contributed by atoms with Crippen LogP contribution in [0, 0.1) is 62.6 Å². The maximum absolute atomic E-state index is 14.1. The van der Waals surface area contributed by atoms with Gasteiger partial charge in [-0.3, -0.25) is 9.59 Å². The minimum atomic E-state index is -0.643. The Hall–Kier alpha value is -3.12. The van der Waals surface area contributed by atoms with E-state index in [4.69, 9.17) is 16.3 Å². The molecule has 0 radical (unpaired) electrons. The van der Waals surface area contributed by atoms with Crippen molar-refractivity contribution in [1.29, 1.82) is 0 Å². The molecule has 2 amide bonds. The van der Waals surface area contributed by atoms with Gasteiger partial charge in [-0.2, -0.15) is 0 Å². The van der Waals surface area contributed by atoms with Gasteiger partial charge in [-0.1, -0.05) is 116 Å². The summed E-state index contributed by atoms with van der Waals surface area (Å²) in [5.41, 5.74) is 3.89. The lowest BCUT2D eigenvalue weighted by molar-refractivity contribution is -0.235. The summed E-state index contributed by atoms with van der Waals surface area (Å²) < 4.78 is 6.67. The fourth-order valence-corrected chi connectivity index (χ4v) is 15.0. The number of urea groups is 1. The van der Waals surface area contributed by atoms with E-state index >= 15 is 0 Å². The summed E-state index contributed by atoms with van der Waals surface area (Å²) in [5, 5.41) is 7.21. The van der Waals surface area contributed by atoms with Crippen molar-refractivity contribution >= 4 is 29.4 Å². The van der Waals surface area contributed by atoms with Gasteiger partial charge < -0.3 is 15.4 Å². The topological polar surface area (TPSA) is 84.5 Å². The van der Waals surface area contributed by atoms with Crippen LogP contribution >= 0.6 is 11.6 Å². The molecule has 6 aliphatic carbocycles. The molecule has 8 rings (SSSR count). The molecule has 0 spiro atoms. The standard InChI is InChI=1S/C51H69ClN2O4/c1-31(2)42-38(55)29-51(54-45(57)53-30-33-15-17-35(52)18-16-33)26-25-49(8)36(43(42)51)19-20-40-48(7)23-22-41(47(5,6)39(48)21-24-50(40,49)9)58-44(56)37-28-34(46(37,3)4)27-32-13-11-10-12-14-32/h10-18,31,34,36-37,39-41H,19-30H2,1-9H3,(H2,53,54,57)/t34-,36-,37-,39+,40-,41+,48+,49-,50-,51-/m1/s1.